The van der Waals surface area contributed by atoms with Crippen molar-refractivity contribution in [3.63, 3.8) is 0 Å². The third kappa shape index (κ3) is 3.71. The van der Waals surface area contributed by atoms with Crippen molar-refractivity contribution >= 4 is 5.91 Å². The van der Waals surface area contributed by atoms with Gasteiger partial charge in [-0.3, -0.25) is 10.1 Å². The average molecular weight is 268 g/mol. The van der Waals surface area contributed by atoms with Crippen LogP contribution in [0.5, 0.6) is 0 Å². The Hall–Kier alpha value is -0.570. The molecule has 1 aliphatic rings. The first-order valence-corrected chi connectivity index (χ1v) is 7.96. The quantitative estimate of drug-likeness (QED) is 0.767. The molecule has 2 atom stereocenters. The summed E-state index contributed by atoms with van der Waals surface area (Å²) in [5.74, 6) is 1.53. The lowest BCUT2D eigenvalue weighted by atomic mass is 9.98. The molecule has 0 spiro atoms. The molecule has 1 N–H and O–H groups in total. The fourth-order valence-electron chi connectivity index (χ4n) is 2.89. The standard InChI is InChI=1S/C16H32N2O/c1-7-13(8-2)11-18-14(10-12(4)5)17-16(6,9-3)15(18)19/h12-14,17H,7-11H2,1-6H3. The molecule has 0 saturated carbocycles. The van der Waals surface area contributed by atoms with Crippen LogP contribution in [-0.4, -0.2) is 29.1 Å². The van der Waals surface area contributed by atoms with Gasteiger partial charge in [-0.25, -0.2) is 0 Å². The van der Waals surface area contributed by atoms with E-state index in [9.17, 15) is 4.79 Å². The van der Waals surface area contributed by atoms with Crippen molar-refractivity contribution in [2.24, 2.45) is 11.8 Å². The first-order valence-electron chi connectivity index (χ1n) is 7.96. The second-order valence-electron chi connectivity index (χ2n) is 6.62. The Balaban J connectivity index is 2.85. The predicted molar refractivity (Wildman–Crippen MR) is 80.9 cm³/mol. The van der Waals surface area contributed by atoms with Gasteiger partial charge in [0.05, 0.1) is 11.7 Å². The van der Waals surface area contributed by atoms with Gasteiger partial charge < -0.3 is 4.90 Å². The van der Waals surface area contributed by atoms with Gasteiger partial charge in [-0.05, 0) is 31.6 Å². The molecular formula is C16H32N2O. The van der Waals surface area contributed by atoms with Gasteiger partial charge in [-0.2, -0.15) is 0 Å². The topological polar surface area (TPSA) is 32.3 Å². The average Bonchev–Trinajstić information content (AvgIpc) is 2.59. The van der Waals surface area contributed by atoms with Crippen LogP contribution in [-0.2, 0) is 4.79 Å². The Morgan fingerprint density at radius 2 is 1.84 bits per heavy atom. The number of rotatable bonds is 7. The zero-order valence-corrected chi connectivity index (χ0v) is 13.6. The van der Waals surface area contributed by atoms with Gasteiger partial charge in [0.1, 0.15) is 0 Å². The van der Waals surface area contributed by atoms with Crippen molar-refractivity contribution in [2.45, 2.75) is 78.9 Å². The lowest BCUT2D eigenvalue weighted by molar-refractivity contribution is -0.133. The molecular weight excluding hydrogens is 236 g/mol. The maximum atomic E-state index is 12.7. The fraction of sp³-hybridized carbons (Fsp3) is 0.938. The SMILES string of the molecule is CCC(CC)CN1C(=O)C(C)(CC)NC1CC(C)C. The Morgan fingerprint density at radius 1 is 1.26 bits per heavy atom. The zero-order valence-electron chi connectivity index (χ0n) is 13.6. The van der Waals surface area contributed by atoms with E-state index in [-0.39, 0.29) is 11.7 Å². The summed E-state index contributed by atoms with van der Waals surface area (Å²) in [7, 11) is 0. The van der Waals surface area contributed by atoms with Crippen molar-refractivity contribution in [1.29, 1.82) is 0 Å². The van der Waals surface area contributed by atoms with Crippen molar-refractivity contribution in [2.75, 3.05) is 6.54 Å². The van der Waals surface area contributed by atoms with E-state index in [1.165, 1.54) is 0 Å². The fourth-order valence-corrected chi connectivity index (χ4v) is 2.89. The summed E-state index contributed by atoms with van der Waals surface area (Å²) in [5, 5.41) is 3.58. The first-order chi connectivity index (χ1) is 8.87. The molecule has 0 bridgehead atoms. The van der Waals surface area contributed by atoms with Crippen LogP contribution < -0.4 is 5.32 Å². The van der Waals surface area contributed by atoms with Crippen LogP contribution >= 0.6 is 0 Å². The maximum absolute atomic E-state index is 12.7. The van der Waals surface area contributed by atoms with Crippen molar-refractivity contribution in [3.05, 3.63) is 0 Å². The number of carbonyl (C=O) groups is 1. The van der Waals surface area contributed by atoms with Crippen LogP contribution in [0.3, 0.4) is 0 Å². The third-order valence-electron chi connectivity index (χ3n) is 4.61. The van der Waals surface area contributed by atoms with E-state index in [1.54, 1.807) is 0 Å². The van der Waals surface area contributed by atoms with Crippen LogP contribution in [0.2, 0.25) is 0 Å². The molecule has 1 rings (SSSR count). The summed E-state index contributed by atoms with van der Waals surface area (Å²) in [6, 6.07) is 0. The molecule has 2 unspecified atom stereocenters. The van der Waals surface area contributed by atoms with Crippen LogP contribution in [0.4, 0.5) is 0 Å². The molecule has 3 nitrogen and oxygen atoms in total. The monoisotopic (exact) mass is 268 g/mol. The maximum Gasteiger partial charge on any atom is 0.243 e. The summed E-state index contributed by atoms with van der Waals surface area (Å²) in [4.78, 5) is 14.8. The molecule has 0 aromatic carbocycles. The second kappa shape index (κ2) is 6.74. The molecule has 3 heteroatoms. The number of hydrogen-bond acceptors (Lipinski definition) is 2. The first kappa shape index (κ1) is 16.5. The molecule has 19 heavy (non-hydrogen) atoms. The van der Waals surface area contributed by atoms with Gasteiger partial charge in [0.2, 0.25) is 5.91 Å². The van der Waals surface area contributed by atoms with E-state index in [1.807, 2.05) is 0 Å². The summed E-state index contributed by atoms with van der Waals surface area (Å²) in [6.07, 6.45) is 4.43. The summed E-state index contributed by atoms with van der Waals surface area (Å²) in [5.41, 5.74) is -0.356. The van der Waals surface area contributed by atoms with Crippen molar-refractivity contribution in [3.8, 4) is 0 Å². The second-order valence-corrected chi connectivity index (χ2v) is 6.62. The molecule has 112 valence electrons. The number of nitrogens with one attached hydrogen (secondary N) is 1. The predicted octanol–water partition coefficient (Wildman–Crippen LogP) is 3.40. The Morgan fingerprint density at radius 3 is 2.26 bits per heavy atom. The van der Waals surface area contributed by atoms with Gasteiger partial charge in [-0.15, -0.1) is 0 Å². The lowest BCUT2D eigenvalue weighted by Crippen LogP contribution is -2.44. The van der Waals surface area contributed by atoms with Gasteiger partial charge in [0, 0.05) is 6.54 Å². The summed E-state index contributed by atoms with van der Waals surface area (Å²) in [6.45, 7) is 13.9. The molecule has 1 aliphatic heterocycles. The van der Waals surface area contributed by atoms with Crippen LogP contribution in [0.15, 0.2) is 0 Å². The minimum absolute atomic E-state index is 0.220. The Labute approximate surface area is 119 Å². The summed E-state index contributed by atoms with van der Waals surface area (Å²) < 4.78 is 0. The van der Waals surface area contributed by atoms with Gasteiger partial charge in [0.15, 0.2) is 0 Å². The smallest absolute Gasteiger partial charge is 0.243 e. The van der Waals surface area contributed by atoms with E-state index in [0.29, 0.717) is 17.7 Å². The van der Waals surface area contributed by atoms with Gasteiger partial charge in [0.25, 0.3) is 0 Å². The largest absolute Gasteiger partial charge is 0.325 e. The van der Waals surface area contributed by atoms with Crippen LogP contribution in [0.25, 0.3) is 0 Å². The van der Waals surface area contributed by atoms with E-state index in [0.717, 1.165) is 32.2 Å². The lowest BCUT2D eigenvalue weighted by Gasteiger charge is -2.29. The molecule has 1 amide bonds. The van der Waals surface area contributed by atoms with E-state index in [2.05, 4.69) is 51.8 Å². The van der Waals surface area contributed by atoms with Crippen LogP contribution in [0.1, 0.15) is 67.2 Å². The molecule has 0 radical (unpaired) electrons. The number of hydrogen-bond donors (Lipinski definition) is 1. The molecule has 1 fully saturated rings. The molecule has 1 heterocycles. The van der Waals surface area contributed by atoms with E-state index >= 15 is 0 Å². The highest BCUT2D eigenvalue weighted by Gasteiger charge is 2.46. The normalized spacial score (nSPS) is 27.9. The molecule has 0 aromatic rings. The van der Waals surface area contributed by atoms with Crippen molar-refractivity contribution < 1.29 is 4.79 Å². The molecule has 0 aliphatic carbocycles. The third-order valence-corrected chi connectivity index (χ3v) is 4.61. The minimum Gasteiger partial charge on any atom is -0.325 e. The molecule has 0 aromatic heterocycles. The van der Waals surface area contributed by atoms with Crippen molar-refractivity contribution in [1.82, 2.24) is 10.2 Å². The highest BCUT2D eigenvalue weighted by molar-refractivity contribution is 5.88. The Kier molecular flexibility index (Phi) is 5.84. The van der Waals surface area contributed by atoms with Crippen LogP contribution in [0, 0.1) is 11.8 Å². The van der Waals surface area contributed by atoms with Gasteiger partial charge >= 0.3 is 0 Å². The van der Waals surface area contributed by atoms with E-state index in [4.69, 9.17) is 0 Å². The van der Waals surface area contributed by atoms with E-state index < -0.39 is 0 Å². The summed E-state index contributed by atoms with van der Waals surface area (Å²) >= 11 is 0. The zero-order chi connectivity index (χ0) is 14.6. The minimum atomic E-state index is -0.356. The highest BCUT2D eigenvalue weighted by Crippen LogP contribution is 2.28. The number of carbonyl (C=O) groups excluding carboxylic acids is 1. The number of amides is 1. The Bertz CT molecular complexity index is 299. The highest BCUT2D eigenvalue weighted by atomic mass is 16.2. The van der Waals surface area contributed by atoms with Gasteiger partial charge in [-0.1, -0.05) is 47.5 Å². The number of nitrogens with zero attached hydrogens (tertiary/aromatic N) is 1. The molecule has 1 saturated heterocycles.